The topological polar surface area (TPSA) is 47.0 Å². The van der Waals surface area contributed by atoms with Gasteiger partial charge in [0.05, 0.1) is 12.4 Å². The highest BCUT2D eigenvalue weighted by atomic mass is 32.2. The molecule has 5 heteroatoms. The van der Waals surface area contributed by atoms with Crippen LogP contribution in [0.5, 0.6) is 0 Å². The maximum Gasteiger partial charge on any atom is 0.138 e. The summed E-state index contributed by atoms with van der Waals surface area (Å²) in [6, 6.07) is 0. The number of aryl methyl sites for hydroxylation is 2. The van der Waals surface area contributed by atoms with Gasteiger partial charge in [-0.05, 0) is 30.6 Å². The average molecular weight is 311 g/mol. The van der Waals surface area contributed by atoms with E-state index in [1.807, 2.05) is 11.8 Å². The summed E-state index contributed by atoms with van der Waals surface area (Å²) in [5.74, 6) is 2.25. The monoisotopic (exact) mass is 311 g/mol. The van der Waals surface area contributed by atoms with E-state index in [1.54, 1.807) is 7.11 Å². The van der Waals surface area contributed by atoms with Crippen molar-refractivity contribution in [1.82, 2.24) is 15.3 Å². The lowest BCUT2D eigenvalue weighted by Crippen LogP contribution is -2.25. The van der Waals surface area contributed by atoms with E-state index >= 15 is 0 Å². The van der Waals surface area contributed by atoms with Gasteiger partial charge >= 0.3 is 0 Å². The minimum atomic E-state index is 0.411. The van der Waals surface area contributed by atoms with Crippen LogP contribution in [-0.4, -0.2) is 42.0 Å². The fourth-order valence-electron chi connectivity index (χ4n) is 2.41. The molecule has 0 aromatic carbocycles. The number of aromatic nitrogens is 2. The summed E-state index contributed by atoms with van der Waals surface area (Å²) in [7, 11) is 1.72. The lowest BCUT2D eigenvalue weighted by Gasteiger charge is -2.18. The fourth-order valence-corrected chi connectivity index (χ4v) is 3.02. The first-order chi connectivity index (χ1) is 9.95. The van der Waals surface area contributed by atoms with Crippen molar-refractivity contribution in [1.29, 1.82) is 0 Å². The molecule has 0 fully saturated rings. The second-order valence-corrected chi connectivity index (χ2v) is 7.25. The number of thioether (sulfide) groups is 1. The highest BCUT2D eigenvalue weighted by Crippen LogP contribution is 2.22. The number of hydrogen-bond acceptors (Lipinski definition) is 5. The molecular formula is C16H29N3OS. The molecule has 1 heterocycles. The van der Waals surface area contributed by atoms with Gasteiger partial charge in [-0.3, -0.25) is 0 Å². The van der Waals surface area contributed by atoms with Gasteiger partial charge < -0.3 is 10.1 Å². The Labute approximate surface area is 133 Å². The van der Waals surface area contributed by atoms with Crippen molar-refractivity contribution in [2.75, 3.05) is 26.8 Å². The van der Waals surface area contributed by atoms with Gasteiger partial charge in [0.25, 0.3) is 0 Å². The van der Waals surface area contributed by atoms with Crippen LogP contribution in [-0.2, 0) is 10.5 Å². The summed E-state index contributed by atoms with van der Waals surface area (Å²) in [5, 5.41) is 4.02. The number of rotatable bonds is 9. The standard InChI is InChI=1S/C16H29N3OS/c1-11(2)21-10-15-18-13(4)16(14(5)19-15)12(3)9-17-7-8-20-6/h11-12,17H,7-10H2,1-6H3. The quantitative estimate of drug-likeness (QED) is 0.710. The van der Waals surface area contributed by atoms with Gasteiger partial charge in [0.2, 0.25) is 0 Å². The molecule has 0 saturated carbocycles. The molecule has 1 rings (SSSR count). The van der Waals surface area contributed by atoms with Crippen molar-refractivity contribution < 1.29 is 4.74 Å². The van der Waals surface area contributed by atoms with E-state index < -0.39 is 0 Å². The SMILES string of the molecule is COCCNCC(C)c1c(C)nc(CSC(C)C)nc1C. The highest BCUT2D eigenvalue weighted by Gasteiger charge is 2.15. The summed E-state index contributed by atoms with van der Waals surface area (Å²) in [6.07, 6.45) is 0. The molecule has 1 aromatic heterocycles. The first-order valence-corrected chi connectivity index (χ1v) is 8.65. The zero-order valence-electron chi connectivity index (χ0n) is 14.2. The van der Waals surface area contributed by atoms with Crippen molar-refractivity contribution >= 4 is 11.8 Å². The first-order valence-electron chi connectivity index (χ1n) is 7.61. The van der Waals surface area contributed by atoms with Crippen LogP contribution in [0.15, 0.2) is 0 Å². The van der Waals surface area contributed by atoms with E-state index in [4.69, 9.17) is 4.74 Å². The summed E-state index contributed by atoms with van der Waals surface area (Å²) < 4.78 is 5.05. The van der Waals surface area contributed by atoms with Gasteiger partial charge in [0.15, 0.2) is 0 Å². The molecule has 0 bridgehead atoms. The molecule has 1 unspecified atom stereocenters. The maximum atomic E-state index is 5.05. The van der Waals surface area contributed by atoms with Gasteiger partial charge in [-0.15, -0.1) is 0 Å². The molecule has 0 aliphatic rings. The molecule has 0 saturated heterocycles. The molecule has 21 heavy (non-hydrogen) atoms. The molecule has 4 nitrogen and oxygen atoms in total. The zero-order chi connectivity index (χ0) is 15.8. The summed E-state index contributed by atoms with van der Waals surface area (Å²) >= 11 is 1.88. The Morgan fingerprint density at radius 1 is 1.14 bits per heavy atom. The smallest absolute Gasteiger partial charge is 0.138 e. The van der Waals surface area contributed by atoms with Gasteiger partial charge in [0.1, 0.15) is 5.82 Å². The number of ether oxygens (including phenoxy) is 1. The molecular weight excluding hydrogens is 282 g/mol. The van der Waals surface area contributed by atoms with Crippen molar-refractivity contribution in [3.8, 4) is 0 Å². The zero-order valence-corrected chi connectivity index (χ0v) is 15.0. The molecule has 0 spiro atoms. The van der Waals surface area contributed by atoms with E-state index in [0.717, 1.165) is 42.7 Å². The van der Waals surface area contributed by atoms with Gasteiger partial charge in [-0.2, -0.15) is 11.8 Å². The van der Waals surface area contributed by atoms with Gasteiger partial charge in [0, 0.05) is 31.6 Å². The molecule has 0 radical (unpaired) electrons. The summed E-state index contributed by atoms with van der Waals surface area (Å²) in [6.45, 7) is 13.4. The molecule has 1 aromatic rings. The molecule has 1 atom stereocenters. The Balaban J connectivity index is 2.69. The Morgan fingerprint density at radius 2 is 1.76 bits per heavy atom. The number of methoxy groups -OCH3 is 1. The van der Waals surface area contributed by atoms with Crippen molar-refractivity contribution in [2.45, 2.75) is 51.5 Å². The number of hydrogen-bond donors (Lipinski definition) is 1. The van der Waals surface area contributed by atoms with Gasteiger partial charge in [-0.25, -0.2) is 9.97 Å². The largest absolute Gasteiger partial charge is 0.383 e. The van der Waals surface area contributed by atoms with E-state index in [9.17, 15) is 0 Å². The van der Waals surface area contributed by atoms with E-state index in [-0.39, 0.29) is 0 Å². The van der Waals surface area contributed by atoms with Crippen LogP contribution in [0.4, 0.5) is 0 Å². The third kappa shape index (κ3) is 6.32. The fraction of sp³-hybridized carbons (Fsp3) is 0.750. The van der Waals surface area contributed by atoms with E-state index in [1.165, 1.54) is 5.56 Å². The average Bonchev–Trinajstić information content (AvgIpc) is 2.40. The van der Waals surface area contributed by atoms with Crippen molar-refractivity contribution in [3.63, 3.8) is 0 Å². The minimum Gasteiger partial charge on any atom is -0.383 e. The van der Waals surface area contributed by atoms with Crippen LogP contribution < -0.4 is 5.32 Å². The van der Waals surface area contributed by atoms with Crippen LogP contribution >= 0.6 is 11.8 Å². The Morgan fingerprint density at radius 3 is 2.29 bits per heavy atom. The predicted octanol–water partition coefficient (Wildman–Crippen LogP) is 3.07. The highest BCUT2D eigenvalue weighted by molar-refractivity contribution is 7.99. The van der Waals surface area contributed by atoms with Gasteiger partial charge in [-0.1, -0.05) is 20.8 Å². The maximum absolute atomic E-state index is 5.05. The summed E-state index contributed by atoms with van der Waals surface area (Å²) in [5.41, 5.74) is 3.50. The Kier molecular flexibility index (Phi) is 8.22. The van der Waals surface area contributed by atoms with Crippen molar-refractivity contribution in [3.05, 3.63) is 22.8 Å². The van der Waals surface area contributed by atoms with Crippen LogP contribution in [0.1, 0.15) is 49.5 Å². The molecule has 0 aliphatic carbocycles. The summed E-state index contributed by atoms with van der Waals surface area (Å²) in [4.78, 5) is 9.37. The molecule has 1 N–H and O–H groups in total. The molecule has 0 aliphatic heterocycles. The van der Waals surface area contributed by atoms with Crippen LogP contribution in [0.2, 0.25) is 0 Å². The van der Waals surface area contributed by atoms with Crippen LogP contribution in [0, 0.1) is 13.8 Å². The third-order valence-corrected chi connectivity index (χ3v) is 4.44. The molecule has 0 amide bonds. The van der Waals surface area contributed by atoms with Crippen LogP contribution in [0.3, 0.4) is 0 Å². The molecule has 120 valence electrons. The lowest BCUT2D eigenvalue weighted by atomic mass is 9.98. The Bertz CT molecular complexity index is 415. The number of nitrogens with one attached hydrogen (secondary N) is 1. The van der Waals surface area contributed by atoms with Crippen LogP contribution in [0.25, 0.3) is 0 Å². The lowest BCUT2D eigenvalue weighted by molar-refractivity contribution is 0.199. The minimum absolute atomic E-state index is 0.411. The van der Waals surface area contributed by atoms with Crippen molar-refractivity contribution in [2.24, 2.45) is 0 Å². The normalized spacial score (nSPS) is 12.9. The van der Waals surface area contributed by atoms with E-state index in [0.29, 0.717) is 11.2 Å². The first kappa shape index (κ1) is 18.4. The predicted molar refractivity (Wildman–Crippen MR) is 91.1 cm³/mol. The third-order valence-electron chi connectivity index (χ3n) is 3.35. The number of nitrogens with zero attached hydrogens (tertiary/aromatic N) is 2. The second kappa shape index (κ2) is 9.38. The van der Waals surface area contributed by atoms with E-state index in [2.05, 4.69) is 49.9 Å². The second-order valence-electron chi connectivity index (χ2n) is 5.68. The Hall–Kier alpha value is -0.650.